The fourth-order valence-corrected chi connectivity index (χ4v) is 4.36. The molecule has 0 bridgehead atoms. The van der Waals surface area contributed by atoms with Crippen LogP contribution >= 0.6 is 11.6 Å². The summed E-state index contributed by atoms with van der Waals surface area (Å²) in [5.41, 5.74) is 12.3. The average molecular weight is 551 g/mol. The Morgan fingerprint density at radius 2 is 1.77 bits per heavy atom. The topological polar surface area (TPSA) is 121 Å². The first-order valence-electron chi connectivity index (χ1n) is 13.1. The van der Waals surface area contributed by atoms with Crippen molar-refractivity contribution in [2.75, 3.05) is 18.1 Å². The summed E-state index contributed by atoms with van der Waals surface area (Å²) in [4.78, 5) is 23.6. The number of para-hydroxylation sites is 1. The van der Waals surface area contributed by atoms with Crippen molar-refractivity contribution in [3.8, 4) is 5.69 Å². The highest BCUT2D eigenvalue weighted by Crippen LogP contribution is 2.26. The number of benzene rings is 2. The number of nitrogens with two attached hydrogens (primary N) is 2. The van der Waals surface area contributed by atoms with Gasteiger partial charge in [-0.05, 0) is 55.1 Å². The minimum absolute atomic E-state index is 0.0591. The lowest BCUT2D eigenvalue weighted by Crippen LogP contribution is -2.27. The number of pyridine rings is 1. The van der Waals surface area contributed by atoms with E-state index in [1.807, 2.05) is 81.6 Å². The molecular formula is C30H39ClN6O2. The first-order valence-corrected chi connectivity index (χ1v) is 13.5. The number of nitrogens with one attached hydrogen (secondary N) is 1. The zero-order valence-corrected chi connectivity index (χ0v) is 24.2. The molecule has 3 heterocycles. The van der Waals surface area contributed by atoms with E-state index in [2.05, 4.69) is 30.0 Å². The standard InChI is InChI=1S/C17H14ClNO.C10H14N4O.C2H6.CH5N/c1-2-13-11-12-7-6-10-15(18)16(12)17(20)19(13)14-8-4-3-5-9-14;1-6(2)8-3-4-14-10(12-8)7(5-15)9(11)13-14;2*1-2/h3-11H,2H2,1H3;3-6,8,12H,1-2H3,(H2,11,13);1-2H3;2H2,1H3. The lowest BCUT2D eigenvalue weighted by molar-refractivity contribution is 0.112. The number of aromatic nitrogens is 3. The van der Waals surface area contributed by atoms with Gasteiger partial charge in [-0.3, -0.25) is 14.2 Å². The van der Waals surface area contributed by atoms with Gasteiger partial charge < -0.3 is 16.8 Å². The van der Waals surface area contributed by atoms with Crippen LogP contribution in [0.1, 0.15) is 50.7 Å². The van der Waals surface area contributed by atoms with Crippen LogP contribution < -0.4 is 22.3 Å². The van der Waals surface area contributed by atoms with Gasteiger partial charge in [-0.15, -0.1) is 5.10 Å². The van der Waals surface area contributed by atoms with Crippen molar-refractivity contribution in [1.82, 2.24) is 14.3 Å². The normalized spacial score (nSPS) is 13.1. The van der Waals surface area contributed by atoms with Gasteiger partial charge in [0.25, 0.3) is 5.56 Å². The predicted molar refractivity (Wildman–Crippen MR) is 165 cm³/mol. The summed E-state index contributed by atoms with van der Waals surface area (Å²) in [6.45, 7) is 10.3. The van der Waals surface area contributed by atoms with Crippen LogP contribution in [0, 0.1) is 5.92 Å². The number of nitrogens with zero attached hydrogens (tertiary/aromatic N) is 3. The van der Waals surface area contributed by atoms with E-state index >= 15 is 0 Å². The van der Waals surface area contributed by atoms with Gasteiger partial charge in [0, 0.05) is 23.6 Å². The van der Waals surface area contributed by atoms with Gasteiger partial charge in [0.1, 0.15) is 11.4 Å². The fourth-order valence-electron chi connectivity index (χ4n) is 4.10. The van der Waals surface area contributed by atoms with E-state index in [0.29, 0.717) is 27.7 Å². The molecule has 0 amide bonds. The summed E-state index contributed by atoms with van der Waals surface area (Å²) in [6, 6.07) is 17.5. The third-order valence-electron chi connectivity index (χ3n) is 6.00. The highest BCUT2D eigenvalue weighted by molar-refractivity contribution is 6.35. The maximum Gasteiger partial charge on any atom is 0.264 e. The molecule has 2 aromatic heterocycles. The maximum atomic E-state index is 12.8. The zero-order chi connectivity index (χ0) is 29.1. The first-order chi connectivity index (χ1) is 18.8. The Labute approximate surface area is 235 Å². The number of hydrogen-bond acceptors (Lipinski definition) is 6. The largest absolute Gasteiger partial charge is 0.382 e. The highest BCUT2D eigenvalue weighted by atomic mass is 35.5. The van der Waals surface area contributed by atoms with E-state index in [4.69, 9.17) is 17.3 Å². The Balaban J connectivity index is 0.000000250. The third-order valence-corrected chi connectivity index (χ3v) is 6.31. The number of carbonyl (C=O) groups excluding carboxylic acids is 1. The summed E-state index contributed by atoms with van der Waals surface area (Å²) in [5.74, 6) is 1.40. The SMILES string of the molecule is CC.CC(C)C1C=Cn2nc(N)c(C=O)c2N1.CCc1cc2cccc(Cl)c2c(=O)n1-c1ccccc1.CN. The van der Waals surface area contributed by atoms with Crippen molar-refractivity contribution in [2.24, 2.45) is 11.7 Å². The second-order valence-electron chi connectivity index (χ2n) is 8.64. The Morgan fingerprint density at radius 3 is 2.36 bits per heavy atom. The molecule has 0 aliphatic carbocycles. The highest BCUT2D eigenvalue weighted by Gasteiger charge is 2.21. The van der Waals surface area contributed by atoms with Crippen LogP contribution in [0.3, 0.4) is 0 Å². The molecular weight excluding hydrogens is 512 g/mol. The number of fused-ring (bicyclic) bond motifs is 2. The Bertz CT molecular complexity index is 1460. The van der Waals surface area contributed by atoms with Gasteiger partial charge in [0.05, 0.1) is 10.4 Å². The molecule has 8 nitrogen and oxygen atoms in total. The summed E-state index contributed by atoms with van der Waals surface area (Å²) < 4.78 is 3.34. The van der Waals surface area contributed by atoms with Gasteiger partial charge in [0.2, 0.25) is 0 Å². The molecule has 1 unspecified atom stereocenters. The summed E-state index contributed by atoms with van der Waals surface area (Å²) in [5, 5.41) is 9.24. The van der Waals surface area contributed by atoms with E-state index in [-0.39, 0.29) is 17.4 Å². The van der Waals surface area contributed by atoms with Crippen LogP contribution in [-0.2, 0) is 6.42 Å². The lowest BCUT2D eigenvalue weighted by atomic mass is 10.0. The minimum Gasteiger partial charge on any atom is -0.382 e. The number of rotatable bonds is 4. The number of carbonyl (C=O) groups is 1. The van der Waals surface area contributed by atoms with E-state index in [0.717, 1.165) is 29.5 Å². The number of anilines is 2. The number of aldehydes is 1. The van der Waals surface area contributed by atoms with Crippen LogP contribution in [0.15, 0.2) is 65.5 Å². The van der Waals surface area contributed by atoms with Gasteiger partial charge in [-0.25, -0.2) is 4.68 Å². The molecule has 1 aliphatic rings. The second-order valence-corrected chi connectivity index (χ2v) is 9.04. The lowest BCUT2D eigenvalue weighted by Gasteiger charge is -2.23. The average Bonchev–Trinajstić information content (AvgIpc) is 3.29. The molecule has 0 fully saturated rings. The van der Waals surface area contributed by atoms with Crippen LogP contribution in [0.4, 0.5) is 11.6 Å². The van der Waals surface area contributed by atoms with Crippen molar-refractivity contribution in [3.05, 3.63) is 87.3 Å². The number of nitrogen functional groups attached to an aromatic ring is 1. The Hall–Kier alpha value is -3.88. The van der Waals surface area contributed by atoms with Crippen molar-refractivity contribution in [2.45, 2.75) is 47.1 Å². The number of halogens is 1. The number of hydrogen-bond donors (Lipinski definition) is 3. The molecule has 0 saturated heterocycles. The molecule has 1 atom stereocenters. The minimum atomic E-state index is -0.0591. The Morgan fingerprint density at radius 1 is 1.10 bits per heavy atom. The maximum absolute atomic E-state index is 12.8. The molecule has 0 spiro atoms. The summed E-state index contributed by atoms with van der Waals surface area (Å²) >= 11 is 6.20. The monoisotopic (exact) mass is 550 g/mol. The van der Waals surface area contributed by atoms with E-state index < -0.39 is 0 Å². The molecule has 1 aliphatic heterocycles. The van der Waals surface area contributed by atoms with E-state index in [1.165, 1.54) is 7.05 Å². The molecule has 0 saturated carbocycles. The van der Waals surface area contributed by atoms with Crippen molar-refractivity contribution in [3.63, 3.8) is 0 Å². The van der Waals surface area contributed by atoms with E-state index in [9.17, 15) is 9.59 Å². The van der Waals surface area contributed by atoms with Crippen LogP contribution in [0.5, 0.6) is 0 Å². The van der Waals surface area contributed by atoms with E-state index in [1.54, 1.807) is 15.3 Å². The summed E-state index contributed by atoms with van der Waals surface area (Å²) in [6.07, 6.45) is 5.36. The first kappa shape index (κ1) is 31.3. The molecule has 208 valence electrons. The zero-order valence-electron chi connectivity index (χ0n) is 23.5. The molecule has 5 N–H and O–H groups in total. The quantitative estimate of drug-likeness (QED) is 0.268. The second kappa shape index (κ2) is 14.9. The summed E-state index contributed by atoms with van der Waals surface area (Å²) in [7, 11) is 1.50. The van der Waals surface area contributed by atoms with Gasteiger partial charge in [0.15, 0.2) is 12.1 Å². The Kier molecular flexibility index (Phi) is 12.0. The third kappa shape index (κ3) is 6.96. The number of aryl methyl sites for hydroxylation is 1. The van der Waals surface area contributed by atoms with Gasteiger partial charge >= 0.3 is 0 Å². The molecule has 9 heteroatoms. The van der Waals surface area contributed by atoms with Crippen molar-refractivity contribution >= 4 is 46.5 Å². The fraction of sp³-hybridized carbons (Fsp3) is 0.300. The van der Waals surface area contributed by atoms with Crippen LogP contribution in [0.2, 0.25) is 5.02 Å². The molecule has 5 rings (SSSR count). The van der Waals surface area contributed by atoms with Crippen molar-refractivity contribution < 1.29 is 4.79 Å². The smallest absolute Gasteiger partial charge is 0.264 e. The van der Waals surface area contributed by atoms with Crippen LogP contribution in [-0.4, -0.2) is 33.7 Å². The van der Waals surface area contributed by atoms with Crippen LogP contribution in [0.25, 0.3) is 22.7 Å². The molecule has 2 aromatic carbocycles. The van der Waals surface area contributed by atoms with Crippen molar-refractivity contribution in [1.29, 1.82) is 0 Å². The predicted octanol–water partition coefficient (Wildman–Crippen LogP) is 6.01. The molecule has 4 aromatic rings. The molecule has 39 heavy (non-hydrogen) atoms. The van der Waals surface area contributed by atoms with Gasteiger partial charge in [-0.1, -0.05) is 76.6 Å². The van der Waals surface area contributed by atoms with Gasteiger partial charge in [-0.2, -0.15) is 0 Å². The molecule has 0 radical (unpaired) electrons.